The molecule has 3 N–H and O–H groups in total. The lowest BCUT2D eigenvalue weighted by atomic mass is 10.00. The van der Waals surface area contributed by atoms with E-state index in [0.717, 1.165) is 45.2 Å². The molecule has 0 aromatic carbocycles. The van der Waals surface area contributed by atoms with Gasteiger partial charge in [-0.25, -0.2) is 0 Å². The van der Waals surface area contributed by atoms with E-state index in [1.165, 1.54) is 12.8 Å². The minimum absolute atomic E-state index is 0. The Balaban J connectivity index is 0.00000242. The average Bonchev–Trinajstić information content (AvgIpc) is 2.71. The normalized spacial score (nSPS) is 25.2. The van der Waals surface area contributed by atoms with Gasteiger partial charge in [-0.3, -0.25) is 9.59 Å². The summed E-state index contributed by atoms with van der Waals surface area (Å²) in [5.74, 6) is 0.544. The van der Waals surface area contributed by atoms with Crippen LogP contribution in [0.25, 0.3) is 0 Å². The number of rotatable bonds is 5. The third-order valence-electron chi connectivity index (χ3n) is 4.79. The molecule has 2 atom stereocenters. The summed E-state index contributed by atoms with van der Waals surface area (Å²) in [6.45, 7) is 2.21. The maximum atomic E-state index is 12.1. The molecule has 1 saturated heterocycles. The van der Waals surface area contributed by atoms with Crippen LogP contribution >= 0.6 is 12.4 Å². The van der Waals surface area contributed by atoms with Crippen LogP contribution < -0.4 is 11.1 Å². The Morgan fingerprint density at radius 2 is 1.73 bits per heavy atom. The molecule has 1 aliphatic heterocycles. The van der Waals surface area contributed by atoms with Gasteiger partial charge in [-0.1, -0.05) is 19.3 Å². The molecular formula is C16H30ClN3O2. The van der Waals surface area contributed by atoms with Crippen molar-refractivity contribution in [1.29, 1.82) is 0 Å². The van der Waals surface area contributed by atoms with Crippen LogP contribution in [0.5, 0.6) is 0 Å². The summed E-state index contributed by atoms with van der Waals surface area (Å²) in [4.78, 5) is 25.9. The van der Waals surface area contributed by atoms with Gasteiger partial charge in [0.1, 0.15) is 0 Å². The summed E-state index contributed by atoms with van der Waals surface area (Å²) in [5, 5.41) is 2.87. The number of carbonyl (C=O) groups is 2. The second-order valence-electron chi connectivity index (χ2n) is 6.45. The van der Waals surface area contributed by atoms with E-state index >= 15 is 0 Å². The zero-order chi connectivity index (χ0) is 15.1. The van der Waals surface area contributed by atoms with Gasteiger partial charge in [-0.2, -0.15) is 0 Å². The van der Waals surface area contributed by atoms with Crippen LogP contribution in [-0.4, -0.2) is 42.4 Å². The van der Waals surface area contributed by atoms with E-state index in [2.05, 4.69) is 5.32 Å². The van der Waals surface area contributed by atoms with Crippen LogP contribution in [0, 0.1) is 5.92 Å². The third-order valence-corrected chi connectivity index (χ3v) is 4.79. The van der Waals surface area contributed by atoms with Gasteiger partial charge >= 0.3 is 0 Å². The smallest absolute Gasteiger partial charge is 0.224 e. The molecule has 0 aromatic heterocycles. The molecule has 2 aliphatic rings. The van der Waals surface area contributed by atoms with Crippen molar-refractivity contribution in [3.8, 4) is 0 Å². The van der Waals surface area contributed by atoms with Crippen molar-refractivity contribution in [2.45, 2.75) is 63.8 Å². The van der Waals surface area contributed by atoms with E-state index < -0.39 is 0 Å². The summed E-state index contributed by atoms with van der Waals surface area (Å²) >= 11 is 0. The minimum Gasteiger partial charge on any atom is -0.356 e. The Hall–Kier alpha value is -0.810. The monoisotopic (exact) mass is 331 g/mol. The summed E-state index contributed by atoms with van der Waals surface area (Å²) in [6, 6.07) is 0.175. The summed E-state index contributed by atoms with van der Waals surface area (Å²) in [6.07, 6.45) is 8.82. The second kappa shape index (κ2) is 10.1. The van der Waals surface area contributed by atoms with Crippen LogP contribution in [0.3, 0.4) is 0 Å². The molecule has 6 heteroatoms. The predicted molar refractivity (Wildman–Crippen MR) is 89.9 cm³/mol. The van der Waals surface area contributed by atoms with Crippen molar-refractivity contribution in [3.63, 3.8) is 0 Å². The maximum absolute atomic E-state index is 12.1. The Labute approximate surface area is 139 Å². The molecule has 1 saturated carbocycles. The SMILES string of the molecule is Cl.N[C@@H]1CCC[C@H]1CC(=O)NCCC(=O)N1CCCCCC1. The van der Waals surface area contributed by atoms with E-state index in [-0.39, 0.29) is 30.3 Å². The van der Waals surface area contributed by atoms with Gasteiger partial charge in [0, 0.05) is 38.5 Å². The number of halogens is 1. The third kappa shape index (κ3) is 6.13. The van der Waals surface area contributed by atoms with E-state index in [1.54, 1.807) is 0 Å². The molecule has 1 aliphatic carbocycles. The fourth-order valence-electron chi connectivity index (χ4n) is 3.42. The zero-order valence-corrected chi connectivity index (χ0v) is 14.2. The lowest BCUT2D eigenvalue weighted by Crippen LogP contribution is -2.36. The van der Waals surface area contributed by atoms with Gasteiger partial charge in [0.15, 0.2) is 0 Å². The Morgan fingerprint density at radius 1 is 1.05 bits per heavy atom. The molecule has 2 fully saturated rings. The van der Waals surface area contributed by atoms with E-state index in [1.807, 2.05) is 4.90 Å². The molecule has 0 aromatic rings. The fraction of sp³-hybridized carbons (Fsp3) is 0.875. The standard InChI is InChI=1S/C16H29N3O2.ClH/c17-14-7-5-6-13(14)12-15(20)18-9-8-16(21)19-10-3-1-2-4-11-19;/h13-14H,1-12,17H2,(H,18,20);1H/t13-,14+;/m0./s1. The molecule has 2 rings (SSSR count). The number of likely N-dealkylation sites (tertiary alicyclic amines) is 1. The highest BCUT2D eigenvalue weighted by atomic mass is 35.5. The van der Waals surface area contributed by atoms with Gasteiger partial charge in [0.25, 0.3) is 0 Å². The number of hydrogen-bond acceptors (Lipinski definition) is 3. The van der Waals surface area contributed by atoms with Crippen molar-refractivity contribution in [2.24, 2.45) is 11.7 Å². The van der Waals surface area contributed by atoms with Crippen molar-refractivity contribution >= 4 is 24.2 Å². The van der Waals surface area contributed by atoms with Crippen LogP contribution in [0.1, 0.15) is 57.8 Å². The lowest BCUT2D eigenvalue weighted by molar-refractivity contribution is -0.131. The van der Waals surface area contributed by atoms with Crippen molar-refractivity contribution in [2.75, 3.05) is 19.6 Å². The van der Waals surface area contributed by atoms with Gasteiger partial charge < -0.3 is 16.0 Å². The van der Waals surface area contributed by atoms with Crippen molar-refractivity contribution in [3.05, 3.63) is 0 Å². The molecule has 22 heavy (non-hydrogen) atoms. The van der Waals surface area contributed by atoms with Crippen molar-refractivity contribution < 1.29 is 9.59 Å². The molecule has 2 amide bonds. The Bertz CT molecular complexity index is 357. The molecule has 1 heterocycles. The molecule has 128 valence electrons. The highest BCUT2D eigenvalue weighted by molar-refractivity contribution is 5.85. The first-order valence-electron chi connectivity index (χ1n) is 8.47. The van der Waals surface area contributed by atoms with Crippen LogP contribution in [0.2, 0.25) is 0 Å². The summed E-state index contributed by atoms with van der Waals surface area (Å²) in [5.41, 5.74) is 5.98. The van der Waals surface area contributed by atoms with Gasteiger partial charge in [-0.05, 0) is 31.6 Å². The predicted octanol–water partition coefficient (Wildman–Crippen LogP) is 1.83. The largest absolute Gasteiger partial charge is 0.356 e. The fourth-order valence-corrected chi connectivity index (χ4v) is 3.42. The minimum atomic E-state index is 0. The molecule has 0 radical (unpaired) electrons. The molecule has 5 nitrogen and oxygen atoms in total. The van der Waals surface area contributed by atoms with Crippen LogP contribution in [0.4, 0.5) is 0 Å². The molecular weight excluding hydrogens is 302 g/mol. The first kappa shape index (κ1) is 19.2. The average molecular weight is 332 g/mol. The van der Waals surface area contributed by atoms with Gasteiger partial charge in [0.05, 0.1) is 0 Å². The molecule has 0 bridgehead atoms. The summed E-state index contributed by atoms with van der Waals surface area (Å²) < 4.78 is 0. The number of nitrogens with one attached hydrogen (secondary N) is 1. The Kier molecular flexibility index (Phi) is 8.79. The highest BCUT2D eigenvalue weighted by Gasteiger charge is 2.26. The topological polar surface area (TPSA) is 75.4 Å². The maximum Gasteiger partial charge on any atom is 0.224 e. The molecule has 0 spiro atoms. The number of nitrogens with zero attached hydrogens (tertiary/aromatic N) is 1. The summed E-state index contributed by atoms with van der Waals surface area (Å²) in [7, 11) is 0. The highest BCUT2D eigenvalue weighted by Crippen LogP contribution is 2.26. The number of nitrogens with two attached hydrogens (primary N) is 1. The number of carbonyl (C=O) groups excluding carboxylic acids is 2. The van der Waals surface area contributed by atoms with Gasteiger partial charge in [-0.15, -0.1) is 12.4 Å². The lowest BCUT2D eigenvalue weighted by Gasteiger charge is -2.20. The van der Waals surface area contributed by atoms with Crippen LogP contribution in [-0.2, 0) is 9.59 Å². The van der Waals surface area contributed by atoms with E-state index in [0.29, 0.717) is 25.3 Å². The molecule has 0 unspecified atom stereocenters. The number of amides is 2. The van der Waals surface area contributed by atoms with E-state index in [9.17, 15) is 9.59 Å². The first-order chi connectivity index (χ1) is 10.2. The first-order valence-corrected chi connectivity index (χ1v) is 8.47. The zero-order valence-electron chi connectivity index (χ0n) is 13.4. The Morgan fingerprint density at radius 3 is 2.32 bits per heavy atom. The van der Waals surface area contributed by atoms with Crippen molar-refractivity contribution in [1.82, 2.24) is 10.2 Å². The van der Waals surface area contributed by atoms with Gasteiger partial charge in [0.2, 0.25) is 11.8 Å². The number of hydrogen-bond donors (Lipinski definition) is 2. The quantitative estimate of drug-likeness (QED) is 0.807. The second-order valence-corrected chi connectivity index (χ2v) is 6.45. The van der Waals surface area contributed by atoms with E-state index in [4.69, 9.17) is 5.73 Å². The van der Waals surface area contributed by atoms with Crippen LogP contribution in [0.15, 0.2) is 0 Å².